The minimum atomic E-state index is -4.73. The van der Waals surface area contributed by atoms with Crippen LogP contribution in [0, 0.1) is 0 Å². The summed E-state index contributed by atoms with van der Waals surface area (Å²) in [4.78, 5) is -0.559. The first-order valence-corrected chi connectivity index (χ1v) is 14.4. The zero-order valence-electron chi connectivity index (χ0n) is 21.4. The van der Waals surface area contributed by atoms with Crippen molar-refractivity contribution in [2.45, 2.75) is 4.90 Å². The average molecular weight is 604 g/mol. The molecule has 0 radical (unpaired) electrons. The molecule has 5 rings (SSSR count). The van der Waals surface area contributed by atoms with Crippen LogP contribution in [0.15, 0.2) is 135 Å². The van der Waals surface area contributed by atoms with Crippen molar-refractivity contribution in [3.8, 4) is 5.75 Å². The first-order chi connectivity index (χ1) is 20.1. The molecule has 5 aromatic rings. The predicted molar refractivity (Wildman–Crippen MR) is 156 cm³/mol. The maximum Gasteiger partial charge on any atom is 0.425 e. The molecule has 0 fully saturated rings. The molecule has 0 saturated heterocycles. The van der Waals surface area contributed by atoms with E-state index in [1.54, 1.807) is 42.5 Å². The Hall–Kier alpha value is -5.31. The highest BCUT2D eigenvalue weighted by molar-refractivity contribution is 7.86. The largest absolute Gasteiger partial charge is 0.505 e. The number of fused-ring (bicyclic) bond motifs is 1. The molecule has 12 nitrogen and oxygen atoms in total. The van der Waals surface area contributed by atoms with Gasteiger partial charge in [0.1, 0.15) is 10.6 Å². The van der Waals surface area contributed by atoms with E-state index in [0.717, 1.165) is 5.69 Å². The van der Waals surface area contributed by atoms with Crippen LogP contribution in [0.5, 0.6) is 5.75 Å². The fourth-order valence-electron chi connectivity index (χ4n) is 3.71. The number of aromatic hydroxyl groups is 1. The quantitative estimate of drug-likeness (QED) is 0.127. The van der Waals surface area contributed by atoms with Crippen LogP contribution in [-0.2, 0) is 20.7 Å². The van der Waals surface area contributed by atoms with Gasteiger partial charge in [0.25, 0.3) is 10.1 Å². The fourth-order valence-corrected chi connectivity index (χ4v) is 4.37. The molecule has 0 amide bonds. The van der Waals surface area contributed by atoms with Gasteiger partial charge < -0.3 is 10.4 Å². The summed E-state index contributed by atoms with van der Waals surface area (Å²) in [7, 11) is -7.84. The van der Waals surface area contributed by atoms with Crippen molar-refractivity contribution in [3.05, 3.63) is 109 Å². The van der Waals surface area contributed by atoms with Crippen LogP contribution in [0.3, 0.4) is 0 Å². The third kappa shape index (κ3) is 8.11. The number of hydrogen-bond donors (Lipinski definition) is 3. The van der Waals surface area contributed by atoms with Crippen molar-refractivity contribution in [1.29, 1.82) is 0 Å². The summed E-state index contributed by atoms with van der Waals surface area (Å²) in [5, 5.41) is 31.2. The van der Waals surface area contributed by atoms with Crippen LogP contribution in [-0.4, -0.2) is 30.7 Å². The molecule has 0 heterocycles. The number of phenolic OH excluding ortho intramolecular Hbond substituents is 1. The zero-order valence-corrected chi connectivity index (χ0v) is 23.1. The number of anilines is 2. The predicted octanol–water partition coefficient (Wildman–Crippen LogP) is 7.36. The smallest absolute Gasteiger partial charge is 0.425 e. The number of nitrogens with zero attached hydrogens (tertiary/aromatic N) is 4. The Kier molecular flexibility index (Phi) is 9.44. The van der Waals surface area contributed by atoms with Gasteiger partial charge >= 0.3 is 10.6 Å². The summed E-state index contributed by atoms with van der Waals surface area (Å²) >= 11 is 0. The molecule has 0 aliphatic heterocycles. The van der Waals surface area contributed by atoms with Crippen molar-refractivity contribution >= 4 is 65.6 Å². The lowest BCUT2D eigenvalue weighted by Gasteiger charge is -2.11. The maximum atomic E-state index is 12.2. The van der Waals surface area contributed by atoms with E-state index in [-0.39, 0.29) is 5.69 Å². The average Bonchev–Trinajstić information content (AvgIpc) is 2.96. The highest BCUT2D eigenvalue weighted by atomic mass is 32.2. The Bertz CT molecular complexity index is 1980. The molecule has 0 unspecified atom stereocenters. The summed E-state index contributed by atoms with van der Waals surface area (Å²) in [6.07, 6.45) is 0. The first kappa shape index (κ1) is 29.7. The minimum Gasteiger partial charge on any atom is -0.505 e. The molecule has 212 valence electrons. The summed E-state index contributed by atoms with van der Waals surface area (Å²) in [5.74, 6) is -0.418. The topological polar surface area (TPSA) is 187 Å². The van der Waals surface area contributed by atoms with Crippen LogP contribution in [0.2, 0.25) is 0 Å². The van der Waals surface area contributed by atoms with Crippen LogP contribution in [0.1, 0.15) is 0 Å². The molecule has 0 aliphatic carbocycles. The lowest BCUT2D eigenvalue weighted by atomic mass is 10.1. The molecular weight excluding hydrogens is 582 g/mol. The SMILES string of the molecule is O=S(=O)(O)c1cc2cc(Nc3ccccc3)ccc2c(O)c1N=Nc1ccc(N=Nc2ccccc2)cc1.O=S(=O)=O. The Morgan fingerprint density at radius 3 is 1.67 bits per heavy atom. The summed E-state index contributed by atoms with van der Waals surface area (Å²) in [6, 6.07) is 31.6. The molecule has 3 N–H and O–H groups in total. The number of nitrogens with one attached hydrogen (secondary N) is 1. The van der Waals surface area contributed by atoms with E-state index in [2.05, 4.69) is 25.8 Å². The standard InChI is InChI=1S/C28H21N5O4S.O3S/c34-28-25-16-15-24(29-20-7-3-1-4-8-20)17-19(25)18-26(38(35,36)37)27(28)33-32-23-13-11-22(12-14-23)31-30-21-9-5-2-6-10-21;1-4(2)3/h1-18,29,34H,(H,35,36,37);. The minimum absolute atomic E-state index is 0.349. The zero-order chi connectivity index (χ0) is 30.1. The molecule has 14 heteroatoms. The third-order valence-electron chi connectivity index (χ3n) is 5.54. The number of benzene rings is 5. The molecular formula is C28H21N5O7S2. The Balaban J connectivity index is 0.000000952. The molecule has 0 spiro atoms. The lowest BCUT2D eigenvalue weighted by molar-refractivity contribution is 0.472. The van der Waals surface area contributed by atoms with Gasteiger partial charge in [-0.2, -0.15) is 23.8 Å². The van der Waals surface area contributed by atoms with Crippen LogP contribution < -0.4 is 5.32 Å². The molecule has 0 atom stereocenters. The Labute approximate surface area is 241 Å². The first-order valence-electron chi connectivity index (χ1n) is 11.9. The van der Waals surface area contributed by atoms with Crippen LogP contribution in [0.4, 0.5) is 34.1 Å². The normalized spacial score (nSPS) is 11.4. The van der Waals surface area contributed by atoms with E-state index >= 15 is 0 Å². The number of phenols is 1. The molecule has 0 aliphatic rings. The Morgan fingerprint density at radius 1 is 0.619 bits per heavy atom. The summed E-state index contributed by atoms with van der Waals surface area (Å²) in [5.41, 5.74) is 2.82. The van der Waals surface area contributed by atoms with E-state index in [1.165, 1.54) is 6.07 Å². The summed E-state index contributed by atoms with van der Waals surface area (Å²) in [6.45, 7) is 0. The lowest BCUT2D eigenvalue weighted by Crippen LogP contribution is -1.99. The van der Waals surface area contributed by atoms with Gasteiger partial charge in [-0.25, -0.2) is 0 Å². The molecule has 42 heavy (non-hydrogen) atoms. The van der Waals surface area contributed by atoms with Crippen molar-refractivity contribution in [1.82, 2.24) is 0 Å². The number of hydrogen-bond acceptors (Lipinski definition) is 11. The second-order valence-electron chi connectivity index (χ2n) is 8.43. The number of para-hydroxylation sites is 1. The van der Waals surface area contributed by atoms with E-state index in [1.807, 2.05) is 60.7 Å². The maximum absolute atomic E-state index is 12.2. The van der Waals surface area contributed by atoms with Gasteiger partial charge in [-0.3, -0.25) is 4.55 Å². The van der Waals surface area contributed by atoms with Gasteiger partial charge in [-0.1, -0.05) is 36.4 Å². The van der Waals surface area contributed by atoms with E-state index in [4.69, 9.17) is 12.6 Å². The van der Waals surface area contributed by atoms with Gasteiger partial charge in [0, 0.05) is 16.8 Å². The highest BCUT2D eigenvalue weighted by Crippen LogP contribution is 2.42. The van der Waals surface area contributed by atoms with Crippen LogP contribution >= 0.6 is 0 Å². The molecule has 0 saturated carbocycles. The number of azo groups is 2. The third-order valence-corrected chi connectivity index (χ3v) is 6.41. The second-order valence-corrected chi connectivity index (χ2v) is 10.2. The van der Waals surface area contributed by atoms with Crippen molar-refractivity contribution in [2.24, 2.45) is 20.5 Å². The van der Waals surface area contributed by atoms with Gasteiger partial charge in [0.05, 0.1) is 17.1 Å². The van der Waals surface area contributed by atoms with E-state index in [0.29, 0.717) is 33.5 Å². The van der Waals surface area contributed by atoms with Crippen molar-refractivity contribution < 1.29 is 30.7 Å². The van der Waals surface area contributed by atoms with E-state index < -0.39 is 31.4 Å². The monoisotopic (exact) mass is 603 g/mol. The van der Waals surface area contributed by atoms with Gasteiger partial charge in [0.2, 0.25) is 0 Å². The molecule has 0 aromatic heterocycles. The summed E-state index contributed by atoms with van der Waals surface area (Å²) < 4.78 is 59.5. The highest BCUT2D eigenvalue weighted by Gasteiger charge is 2.22. The number of rotatable bonds is 7. The molecule has 0 bridgehead atoms. The van der Waals surface area contributed by atoms with Gasteiger partial charge in [-0.05, 0) is 78.2 Å². The molecule has 5 aromatic carbocycles. The van der Waals surface area contributed by atoms with Crippen molar-refractivity contribution in [3.63, 3.8) is 0 Å². The van der Waals surface area contributed by atoms with Crippen LogP contribution in [0.25, 0.3) is 10.8 Å². The van der Waals surface area contributed by atoms with Gasteiger partial charge in [-0.15, -0.1) is 17.7 Å². The Morgan fingerprint density at radius 2 is 1.12 bits per heavy atom. The van der Waals surface area contributed by atoms with E-state index in [9.17, 15) is 18.1 Å². The van der Waals surface area contributed by atoms with Gasteiger partial charge in [0.15, 0.2) is 5.75 Å². The fraction of sp³-hybridized carbons (Fsp3) is 0. The second kappa shape index (κ2) is 13.4. The van der Waals surface area contributed by atoms with Crippen molar-refractivity contribution in [2.75, 3.05) is 5.32 Å².